The predicted molar refractivity (Wildman–Crippen MR) is 86.2 cm³/mol. The molecule has 1 rings (SSSR count). The van der Waals surface area contributed by atoms with Gasteiger partial charge in [0, 0.05) is 26.2 Å². The van der Waals surface area contributed by atoms with Gasteiger partial charge in [0.25, 0.3) is 0 Å². The Morgan fingerprint density at radius 1 is 1.40 bits per heavy atom. The van der Waals surface area contributed by atoms with Crippen LogP contribution in [0.15, 0.2) is 4.99 Å². The van der Waals surface area contributed by atoms with E-state index < -0.39 is 0 Å². The van der Waals surface area contributed by atoms with E-state index in [0.717, 1.165) is 32.0 Å². The molecule has 0 aromatic rings. The highest BCUT2D eigenvalue weighted by Gasteiger charge is 2.16. The minimum absolute atomic E-state index is 0.396. The first-order valence-corrected chi connectivity index (χ1v) is 7.99. The molecule has 1 aliphatic heterocycles. The normalized spacial score (nSPS) is 21.9. The van der Waals surface area contributed by atoms with Crippen molar-refractivity contribution in [3.05, 3.63) is 0 Å². The van der Waals surface area contributed by atoms with Crippen LogP contribution in [0.25, 0.3) is 0 Å². The van der Waals surface area contributed by atoms with E-state index >= 15 is 0 Å². The zero-order chi connectivity index (χ0) is 15.0. The number of hydrogen-bond acceptors (Lipinski definition) is 2. The molecule has 1 fully saturated rings. The van der Waals surface area contributed by atoms with E-state index in [2.05, 4.69) is 43.3 Å². The molecule has 0 bridgehead atoms. The monoisotopic (exact) mass is 283 g/mol. The molecule has 118 valence electrons. The summed E-state index contributed by atoms with van der Waals surface area (Å²) >= 11 is 0. The summed E-state index contributed by atoms with van der Waals surface area (Å²) in [4.78, 5) is 4.29. The Balaban J connectivity index is 2.18. The number of rotatable bonds is 6. The van der Waals surface area contributed by atoms with Gasteiger partial charge in [-0.25, -0.2) is 0 Å². The van der Waals surface area contributed by atoms with Crippen molar-refractivity contribution in [1.82, 2.24) is 10.6 Å². The van der Waals surface area contributed by atoms with Crippen LogP contribution >= 0.6 is 0 Å². The van der Waals surface area contributed by atoms with Crippen molar-refractivity contribution in [2.75, 3.05) is 20.2 Å². The van der Waals surface area contributed by atoms with Gasteiger partial charge in [0.15, 0.2) is 5.96 Å². The Kier molecular flexibility index (Phi) is 7.35. The van der Waals surface area contributed by atoms with Crippen LogP contribution in [0, 0.1) is 5.41 Å². The van der Waals surface area contributed by atoms with Gasteiger partial charge < -0.3 is 15.4 Å². The minimum Gasteiger partial charge on any atom is -0.378 e. The summed E-state index contributed by atoms with van der Waals surface area (Å²) in [6, 6.07) is 0.447. The smallest absolute Gasteiger partial charge is 0.191 e. The Hall–Kier alpha value is -0.770. The lowest BCUT2D eigenvalue weighted by Gasteiger charge is -2.23. The number of nitrogens with one attached hydrogen (secondary N) is 2. The highest BCUT2D eigenvalue weighted by atomic mass is 16.5. The molecule has 0 aromatic carbocycles. The summed E-state index contributed by atoms with van der Waals surface area (Å²) in [5.41, 5.74) is 0.396. The number of nitrogens with zero attached hydrogens (tertiary/aromatic N) is 1. The first kappa shape index (κ1) is 17.3. The molecule has 0 amide bonds. The van der Waals surface area contributed by atoms with Gasteiger partial charge in [-0.15, -0.1) is 0 Å². The van der Waals surface area contributed by atoms with Crippen LogP contribution < -0.4 is 10.6 Å². The zero-order valence-corrected chi connectivity index (χ0v) is 14.0. The van der Waals surface area contributed by atoms with Crippen LogP contribution in [0.2, 0.25) is 0 Å². The van der Waals surface area contributed by atoms with E-state index in [1.807, 2.05) is 7.05 Å². The first-order valence-electron chi connectivity index (χ1n) is 7.99. The molecule has 0 saturated carbocycles. The number of guanidine groups is 1. The molecule has 1 aliphatic rings. The van der Waals surface area contributed by atoms with Crippen LogP contribution in [0.4, 0.5) is 0 Å². The molecule has 2 unspecified atom stereocenters. The molecular formula is C16H33N3O. The van der Waals surface area contributed by atoms with Crippen molar-refractivity contribution < 1.29 is 4.74 Å². The third kappa shape index (κ3) is 7.73. The highest BCUT2D eigenvalue weighted by molar-refractivity contribution is 5.79. The molecule has 1 saturated heterocycles. The Morgan fingerprint density at radius 2 is 2.15 bits per heavy atom. The molecular weight excluding hydrogens is 250 g/mol. The van der Waals surface area contributed by atoms with E-state index in [1.165, 1.54) is 19.3 Å². The maximum atomic E-state index is 5.63. The number of hydrogen-bond donors (Lipinski definition) is 2. The van der Waals surface area contributed by atoms with Crippen LogP contribution in [-0.4, -0.2) is 38.3 Å². The molecule has 4 nitrogen and oxygen atoms in total. The fraction of sp³-hybridized carbons (Fsp3) is 0.938. The molecule has 1 heterocycles. The van der Waals surface area contributed by atoms with Crippen molar-refractivity contribution in [2.45, 2.75) is 71.9 Å². The fourth-order valence-electron chi connectivity index (χ4n) is 2.37. The van der Waals surface area contributed by atoms with Gasteiger partial charge in [0.1, 0.15) is 0 Å². The van der Waals surface area contributed by atoms with Gasteiger partial charge in [-0.3, -0.25) is 4.99 Å². The molecule has 20 heavy (non-hydrogen) atoms. The first-order chi connectivity index (χ1) is 9.40. The maximum Gasteiger partial charge on any atom is 0.191 e. The third-order valence-corrected chi connectivity index (χ3v) is 3.72. The summed E-state index contributed by atoms with van der Waals surface area (Å²) in [7, 11) is 1.83. The summed E-state index contributed by atoms with van der Waals surface area (Å²) < 4.78 is 5.63. The molecule has 2 atom stereocenters. The van der Waals surface area contributed by atoms with Gasteiger partial charge >= 0.3 is 0 Å². The van der Waals surface area contributed by atoms with Crippen molar-refractivity contribution >= 4 is 5.96 Å². The van der Waals surface area contributed by atoms with Crippen molar-refractivity contribution in [3.8, 4) is 0 Å². The van der Waals surface area contributed by atoms with E-state index in [0.29, 0.717) is 17.6 Å². The SMILES string of the molecule is CN=C(NCCC1CCCO1)NC(C)CCC(C)(C)C. The quantitative estimate of drug-likeness (QED) is 0.582. The van der Waals surface area contributed by atoms with E-state index in [4.69, 9.17) is 4.74 Å². The summed E-state index contributed by atoms with van der Waals surface area (Å²) in [5, 5.41) is 6.85. The lowest BCUT2D eigenvalue weighted by atomic mass is 9.89. The average Bonchev–Trinajstić information content (AvgIpc) is 2.87. The Labute approximate surface area is 124 Å². The predicted octanol–water partition coefficient (Wildman–Crippen LogP) is 2.94. The molecule has 0 aromatic heterocycles. The number of aliphatic imine (C=N–C) groups is 1. The lowest BCUT2D eigenvalue weighted by Crippen LogP contribution is -2.43. The molecule has 0 aliphatic carbocycles. The van der Waals surface area contributed by atoms with Crippen molar-refractivity contribution in [3.63, 3.8) is 0 Å². The van der Waals surface area contributed by atoms with Gasteiger partial charge in [-0.1, -0.05) is 20.8 Å². The summed E-state index contributed by atoms with van der Waals surface area (Å²) in [6.07, 6.45) is 6.30. The maximum absolute atomic E-state index is 5.63. The van der Waals surface area contributed by atoms with Crippen LogP contribution in [0.5, 0.6) is 0 Å². The zero-order valence-electron chi connectivity index (χ0n) is 14.0. The van der Waals surface area contributed by atoms with Crippen LogP contribution in [0.1, 0.15) is 59.8 Å². The molecule has 2 N–H and O–H groups in total. The van der Waals surface area contributed by atoms with E-state index in [1.54, 1.807) is 0 Å². The van der Waals surface area contributed by atoms with E-state index in [9.17, 15) is 0 Å². The van der Waals surface area contributed by atoms with Gasteiger partial charge in [0.05, 0.1) is 6.10 Å². The second kappa shape index (κ2) is 8.50. The fourth-order valence-corrected chi connectivity index (χ4v) is 2.37. The van der Waals surface area contributed by atoms with Crippen LogP contribution in [-0.2, 0) is 4.74 Å². The number of ether oxygens (including phenoxy) is 1. The molecule has 4 heteroatoms. The topological polar surface area (TPSA) is 45.7 Å². The highest BCUT2D eigenvalue weighted by Crippen LogP contribution is 2.21. The largest absolute Gasteiger partial charge is 0.378 e. The second-order valence-electron chi connectivity index (χ2n) is 7.07. The van der Waals surface area contributed by atoms with Crippen molar-refractivity contribution in [2.24, 2.45) is 10.4 Å². The second-order valence-corrected chi connectivity index (χ2v) is 7.07. The van der Waals surface area contributed by atoms with Gasteiger partial charge in [-0.05, 0) is 44.4 Å². The Morgan fingerprint density at radius 3 is 2.70 bits per heavy atom. The van der Waals surface area contributed by atoms with Gasteiger partial charge in [-0.2, -0.15) is 0 Å². The third-order valence-electron chi connectivity index (χ3n) is 3.72. The van der Waals surface area contributed by atoms with Crippen LogP contribution in [0.3, 0.4) is 0 Å². The standard InChI is InChI=1S/C16H33N3O/c1-13(8-10-16(2,3)4)19-15(17-5)18-11-9-14-7-6-12-20-14/h13-14H,6-12H2,1-5H3,(H2,17,18,19). The lowest BCUT2D eigenvalue weighted by molar-refractivity contribution is 0.105. The molecule has 0 radical (unpaired) electrons. The molecule has 0 spiro atoms. The summed E-state index contributed by atoms with van der Waals surface area (Å²) in [6.45, 7) is 10.9. The van der Waals surface area contributed by atoms with E-state index in [-0.39, 0.29) is 0 Å². The Bertz CT molecular complexity index is 291. The van der Waals surface area contributed by atoms with Crippen molar-refractivity contribution in [1.29, 1.82) is 0 Å². The average molecular weight is 283 g/mol. The minimum atomic E-state index is 0.396. The van der Waals surface area contributed by atoms with Gasteiger partial charge in [0.2, 0.25) is 0 Å². The summed E-state index contributed by atoms with van der Waals surface area (Å²) in [5.74, 6) is 0.907.